The third-order valence-corrected chi connectivity index (χ3v) is 3.53. The van der Waals surface area contributed by atoms with Crippen molar-refractivity contribution in [2.45, 2.75) is 0 Å². The molecule has 104 valence electrons. The lowest BCUT2D eigenvalue weighted by Gasteiger charge is -2.11. The molecule has 0 aliphatic carbocycles. The lowest BCUT2D eigenvalue weighted by Crippen LogP contribution is -2.12. The molecule has 0 saturated carbocycles. The fourth-order valence-corrected chi connectivity index (χ4v) is 2.40. The fraction of sp³-hybridized carbons (Fsp3) is 0. The van der Waals surface area contributed by atoms with E-state index in [4.69, 9.17) is 15.9 Å². The normalized spacial score (nSPS) is 10.5. The maximum Gasteiger partial charge on any atom is 0.138 e. The van der Waals surface area contributed by atoms with Gasteiger partial charge in [-0.3, -0.25) is 10.4 Å². The van der Waals surface area contributed by atoms with Crippen LogP contribution in [0, 0.1) is 5.41 Å². The SMILES string of the molecule is N=C(N)c1cc(Br)ccc1Oc1ccc2cccnc2c1. The van der Waals surface area contributed by atoms with Crippen LogP contribution in [0.15, 0.2) is 59.2 Å². The minimum Gasteiger partial charge on any atom is -0.457 e. The zero-order valence-corrected chi connectivity index (χ0v) is 12.6. The highest BCUT2D eigenvalue weighted by molar-refractivity contribution is 9.10. The number of ether oxygens (including phenoxy) is 1. The van der Waals surface area contributed by atoms with E-state index in [-0.39, 0.29) is 5.84 Å². The van der Waals surface area contributed by atoms with Crippen LogP contribution in [0.4, 0.5) is 0 Å². The number of benzene rings is 2. The summed E-state index contributed by atoms with van der Waals surface area (Å²) in [6.45, 7) is 0. The van der Waals surface area contributed by atoms with Crippen LogP contribution in [0.1, 0.15) is 5.56 Å². The number of hydrogen-bond acceptors (Lipinski definition) is 3. The smallest absolute Gasteiger partial charge is 0.138 e. The first-order valence-corrected chi connectivity index (χ1v) is 7.09. The van der Waals surface area contributed by atoms with Crippen LogP contribution >= 0.6 is 15.9 Å². The second kappa shape index (κ2) is 5.54. The van der Waals surface area contributed by atoms with Crippen molar-refractivity contribution >= 4 is 32.7 Å². The Hall–Kier alpha value is -2.40. The van der Waals surface area contributed by atoms with E-state index in [2.05, 4.69) is 20.9 Å². The molecule has 0 unspecified atom stereocenters. The topological polar surface area (TPSA) is 72.0 Å². The molecule has 0 bridgehead atoms. The predicted molar refractivity (Wildman–Crippen MR) is 87.0 cm³/mol. The van der Waals surface area contributed by atoms with Gasteiger partial charge < -0.3 is 10.5 Å². The van der Waals surface area contributed by atoms with E-state index in [0.29, 0.717) is 17.1 Å². The molecule has 0 amide bonds. The first-order chi connectivity index (χ1) is 10.1. The molecule has 21 heavy (non-hydrogen) atoms. The van der Waals surface area contributed by atoms with E-state index in [1.807, 2.05) is 36.4 Å². The molecule has 4 nitrogen and oxygen atoms in total. The Morgan fingerprint density at radius 1 is 1.14 bits per heavy atom. The summed E-state index contributed by atoms with van der Waals surface area (Å²) in [5.74, 6) is 1.16. The van der Waals surface area contributed by atoms with E-state index < -0.39 is 0 Å². The molecule has 2 aromatic carbocycles. The van der Waals surface area contributed by atoms with Gasteiger partial charge in [-0.2, -0.15) is 0 Å². The second-order valence-corrected chi connectivity index (χ2v) is 5.43. The average molecular weight is 342 g/mol. The van der Waals surface area contributed by atoms with Gasteiger partial charge in [0.1, 0.15) is 17.3 Å². The first-order valence-electron chi connectivity index (χ1n) is 6.30. The number of nitrogen functional groups attached to an aromatic ring is 1. The molecule has 3 aromatic rings. The van der Waals surface area contributed by atoms with Gasteiger partial charge in [-0.25, -0.2) is 0 Å². The Labute approximate surface area is 130 Å². The Morgan fingerprint density at radius 3 is 2.81 bits per heavy atom. The molecule has 0 atom stereocenters. The zero-order chi connectivity index (χ0) is 14.8. The van der Waals surface area contributed by atoms with Gasteiger partial charge in [0, 0.05) is 22.1 Å². The number of nitrogens with two attached hydrogens (primary N) is 1. The van der Waals surface area contributed by atoms with Crippen LogP contribution in [0.5, 0.6) is 11.5 Å². The van der Waals surface area contributed by atoms with Crippen LogP contribution < -0.4 is 10.5 Å². The number of pyridine rings is 1. The van der Waals surface area contributed by atoms with Crippen LogP contribution in [0.2, 0.25) is 0 Å². The number of fused-ring (bicyclic) bond motifs is 1. The summed E-state index contributed by atoms with van der Waals surface area (Å²) < 4.78 is 6.70. The van der Waals surface area contributed by atoms with Gasteiger partial charge in [0.15, 0.2) is 0 Å². The molecular weight excluding hydrogens is 330 g/mol. The zero-order valence-electron chi connectivity index (χ0n) is 11.0. The fourth-order valence-electron chi connectivity index (χ4n) is 2.04. The van der Waals surface area contributed by atoms with Gasteiger partial charge in [-0.15, -0.1) is 0 Å². The summed E-state index contributed by atoms with van der Waals surface area (Å²) in [5, 5.41) is 8.68. The highest BCUT2D eigenvalue weighted by atomic mass is 79.9. The molecule has 0 spiro atoms. The molecule has 0 radical (unpaired) electrons. The van der Waals surface area contributed by atoms with Crippen LogP contribution in [0.25, 0.3) is 10.9 Å². The van der Waals surface area contributed by atoms with Gasteiger partial charge in [0.25, 0.3) is 0 Å². The van der Waals surface area contributed by atoms with Gasteiger partial charge in [0.2, 0.25) is 0 Å². The van der Waals surface area contributed by atoms with Crippen LogP contribution in [-0.4, -0.2) is 10.8 Å². The summed E-state index contributed by atoms with van der Waals surface area (Å²) in [6.07, 6.45) is 1.74. The monoisotopic (exact) mass is 341 g/mol. The molecule has 0 aliphatic rings. The minimum absolute atomic E-state index is 0.0368. The molecule has 3 N–H and O–H groups in total. The van der Waals surface area contributed by atoms with E-state index in [1.165, 1.54) is 0 Å². The molecule has 0 aliphatic heterocycles. The van der Waals surface area contributed by atoms with Gasteiger partial charge in [-0.05, 0) is 36.4 Å². The van der Waals surface area contributed by atoms with E-state index in [9.17, 15) is 0 Å². The average Bonchev–Trinajstić information content (AvgIpc) is 2.49. The van der Waals surface area contributed by atoms with Crippen molar-refractivity contribution in [3.8, 4) is 11.5 Å². The van der Waals surface area contributed by atoms with Crippen molar-refractivity contribution in [1.82, 2.24) is 4.98 Å². The van der Waals surface area contributed by atoms with Crippen molar-refractivity contribution in [3.63, 3.8) is 0 Å². The number of hydrogen-bond donors (Lipinski definition) is 2. The number of amidine groups is 1. The summed E-state index contributed by atoms with van der Waals surface area (Å²) in [4.78, 5) is 4.30. The third-order valence-electron chi connectivity index (χ3n) is 3.04. The summed E-state index contributed by atoms with van der Waals surface area (Å²) in [6, 6.07) is 15.0. The number of nitrogens with zero attached hydrogens (tertiary/aromatic N) is 1. The van der Waals surface area contributed by atoms with E-state index in [0.717, 1.165) is 15.4 Å². The van der Waals surface area contributed by atoms with Crippen molar-refractivity contribution in [3.05, 3.63) is 64.8 Å². The quantitative estimate of drug-likeness (QED) is 0.557. The highest BCUT2D eigenvalue weighted by Crippen LogP contribution is 2.29. The van der Waals surface area contributed by atoms with E-state index in [1.54, 1.807) is 18.3 Å². The standard InChI is InChI=1S/C16H12BrN3O/c17-11-4-6-15(13(8-11)16(18)19)21-12-5-3-10-2-1-7-20-14(10)9-12/h1-9H,(H3,18,19). The Kier molecular flexibility index (Phi) is 3.58. The first kappa shape index (κ1) is 13.6. The lowest BCUT2D eigenvalue weighted by atomic mass is 10.2. The number of rotatable bonds is 3. The highest BCUT2D eigenvalue weighted by Gasteiger charge is 2.09. The molecule has 5 heteroatoms. The van der Waals surface area contributed by atoms with Crippen molar-refractivity contribution in [2.75, 3.05) is 0 Å². The third kappa shape index (κ3) is 2.87. The van der Waals surface area contributed by atoms with Crippen molar-refractivity contribution < 1.29 is 4.74 Å². The van der Waals surface area contributed by atoms with Gasteiger partial charge >= 0.3 is 0 Å². The maximum absolute atomic E-state index is 7.63. The van der Waals surface area contributed by atoms with Gasteiger partial charge in [-0.1, -0.05) is 22.0 Å². The van der Waals surface area contributed by atoms with Crippen LogP contribution in [0.3, 0.4) is 0 Å². The van der Waals surface area contributed by atoms with Crippen molar-refractivity contribution in [1.29, 1.82) is 5.41 Å². The summed E-state index contributed by atoms with van der Waals surface area (Å²) >= 11 is 3.36. The largest absolute Gasteiger partial charge is 0.457 e. The van der Waals surface area contributed by atoms with Crippen LogP contribution in [-0.2, 0) is 0 Å². The lowest BCUT2D eigenvalue weighted by molar-refractivity contribution is 0.482. The van der Waals surface area contributed by atoms with E-state index >= 15 is 0 Å². The van der Waals surface area contributed by atoms with Gasteiger partial charge in [0.05, 0.1) is 11.1 Å². The Balaban J connectivity index is 2.00. The molecule has 0 fully saturated rings. The second-order valence-electron chi connectivity index (χ2n) is 4.51. The Morgan fingerprint density at radius 2 is 2.00 bits per heavy atom. The summed E-state index contributed by atoms with van der Waals surface area (Å²) in [5.41, 5.74) is 7.00. The number of nitrogens with one attached hydrogen (secondary N) is 1. The molecule has 1 aromatic heterocycles. The molecule has 0 saturated heterocycles. The Bertz CT molecular complexity index is 833. The molecule has 3 rings (SSSR count). The molecular formula is C16H12BrN3O. The maximum atomic E-state index is 7.63. The minimum atomic E-state index is -0.0368. The summed E-state index contributed by atoms with van der Waals surface area (Å²) in [7, 11) is 0. The predicted octanol–water partition coefficient (Wildman–Crippen LogP) is 4.07. The number of aromatic nitrogens is 1. The number of halogens is 1. The van der Waals surface area contributed by atoms with Crippen molar-refractivity contribution in [2.24, 2.45) is 5.73 Å². The molecule has 1 heterocycles.